The lowest BCUT2D eigenvalue weighted by Gasteiger charge is -2.13. The second-order valence-electron chi connectivity index (χ2n) is 4.38. The molecule has 0 aliphatic heterocycles. The number of hydrogen-bond acceptors (Lipinski definition) is 3. The van der Waals surface area contributed by atoms with E-state index in [1.807, 2.05) is 47.3 Å². The summed E-state index contributed by atoms with van der Waals surface area (Å²) in [6, 6.07) is 12.2. The highest BCUT2D eigenvalue weighted by atomic mass is 15.3. The number of benzene rings is 1. The predicted octanol–water partition coefficient (Wildman–Crippen LogP) is 2.77. The van der Waals surface area contributed by atoms with Crippen molar-refractivity contribution < 1.29 is 0 Å². The van der Waals surface area contributed by atoms with E-state index in [2.05, 4.69) is 27.5 Å². The maximum Gasteiger partial charge on any atom is 0.0651 e. The molecule has 1 unspecified atom stereocenters. The van der Waals surface area contributed by atoms with Crippen LogP contribution in [0.3, 0.4) is 0 Å². The van der Waals surface area contributed by atoms with Crippen molar-refractivity contribution in [2.75, 3.05) is 5.32 Å². The van der Waals surface area contributed by atoms with Crippen molar-refractivity contribution in [3.8, 4) is 5.69 Å². The van der Waals surface area contributed by atoms with Crippen LogP contribution in [0.15, 0.2) is 55.0 Å². The normalized spacial score (nSPS) is 12.3. The Morgan fingerprint density at radius 1 is 1.16 bits per heavy atom. The Balaban J connectivity index is 1.73. The highest BCUT2D eigenvalue weighted by Crippen LogP contribution is 2.18. The number of rotatable bonds is 4. The van der Waals surface area contributed by atoms with Gasteiger partial charge in [0.05, 0.1) is 17.4 Å². The third kappa shape index (κ3) is 2.49. The molecular formula is C14H15N5. The third-order valence-corrected chi connectivity index (χ3v) is 3.01. The number of anilines is 1. The third-order valence-electron chi connectivity index (χ3n) is 3.01. The lowest BCUT2D eigenvalue weighted by Crippen LogP contribution is -2.07. The Bertz CT molecular complexity index is 610. The van der Waals surface area contributed by atoms with Crippen molar-refractivity contribution in [2.45, 2.75) is 13.0 Å². The summed E-state index contributed by atoms with van der Waals surface area (Å²) in [6.07, 6.45) is 5.45. The van der Waals surface area contributed by atoms with Crippen molar-refractivity contribution in [3.05, 3.63) is 60.7 Å². The molecule has 3 aromatic rings. The van der Waals surface area contributed by atoms with Crippen LogP contribution < -0.4 is 5.32 Å². The van der Waals surface area contributed by atoms with Crippen LogP contribution >= 0.6 is 0 Å². The Morgan fingerprint density at radius 2 is 2.00 bits per heavy atom. The summed E-state index contributed by atoms with van der Waals surface area (Å²) in [5.41, 5.74) is 3.18. The van der Waals surface area contributed by atoms with Gasteiger partial charge in [0.2, 0.25) is 0 Å². The first-order chi connectivity index (χ1) is 9.33. The fourth-order valence-electron chi connectivity index (χ4n) is 1.97. The molecule has 5 nitrogen and oxygen atoms in total. The zero-order chi connectivity index (χ0) is 13.1. The van der Waals surface area contributed by atoms with E-state index in [4.69, 9.17) is 0 Å². The Morgan fingerprint density at radius 3 is 2.63 bits per heavy atom. The lowest BCUT2D eigenvalue weighted by molar-refractivity contribution is 0.825. The van der Waals surface area contributed by atoms with Crippen LogP contribution in [0.2, 0.25) is 0 Å². The molecule has 5 heteroatoms. The molecule has 2 N–H and O–H groups in total. The van der Waals surface area contributed by atoms with Gasteiger partial charge in [-0.3, -0.25) is 5.10 Å². The van der Waals surface area contributed by atoms with Gasteiger partial charge < -0.3 is 5.32 Å². The summed E-state index contributed by atoms with van der Waals surface area (Å²) in [5.74, 6) is 0. The first kappa shape index (κ1) is 11.5. The van der Waals surface area contributed by atoms with Gasteiger partial charge in [-0.25, -0.2) is 4.68 Å². The van der Waals surface area contributed by atoms with Gasteiger partial charge in [0.25, 0.3) is 0 Å². The van der Waals surface area contributed by atoms with E-state index in [1.165, 1.54) is 0 Å². The second-order valence-corrected chi connectivity index (χ2v) is 4.38. The molecule has 2 aromatic heterocycles. The molecule has 0 aliphatic rings. The molecule has 1 aromatic carbocycles. The molecule has 2 heterocycles. The van der Waals surface area contributed by atoms with Crippen LogP contribution in [-0.2, 0) is 0 Å². The van der Waals surface area contributed by atoms with Crippen LogP contribution in [0.1, 0.15) is 18.7 Å². The van der Waals surface area contributed by atoms with Crippen molar-refractivity contribution in [3.63, 3.8) is 0 Å². The summed E-state index contributed by atoms with van der Waals surface area (Å²) in [4.78, 5) is 0. The number of H-pyrrole nitrogens is 1. The first-order valence-electron chi connectivity index (χ1n) is 6.19. The maximum absolute atomic E-state index is 4.20. The molecule has 1 atom stereocenters. The minimum absolute atomic E-state index is 0.193. The van der Waals surface area contributed by atoms with Crippen LogP contribution in [0.25, 0.3) is 5.69 Å². The quantitative estimate of drug-likeness (QED) is 0.751. The van der Waals surface area contributed by atoms with Crippen molar-refractivity contribution >= 4 is 5.69 Å². The molecule has 0 saturated heterocycles. The second kappa shape index (κ2) is 4.97. The van der Waals surface area contributed by atoms with Crippen molar-refractivity contribution in [2.24, 2.45) is 0 Å². The molecule has 0 saturated carbocycles. The smallest absolute Gasteiger partial charge is 0.0651 e. The first-order valence-corrected chi connectivity index (χ1v) is 6.19. The van der Waals surface area contributed by atoms with E-state index in [1.54, 1.807) is 12.4 Å². The number of hydrogen-bond donors (Lipinski definition) is 2. The molecule has 0 amide bonds. The van der Waals surface area contributed by atoms with Crippen molar-refractivity contribution in [1.82, 2.24) is 20.0 Å². The zero-order valence-corrected chi connectivity index (χ0v) is 10.6. The largest absolute Gasteiger partial charge is 0.377 e. The molecule has 3 rings (SSSR count). The van der Waals surface area contributed by atoms with E-state index in [9.17, 15) is 0 Å². The summed E-state index contributed by atoms with van der Waals surface area (Å²) in [5, 5.41) is 14.5. The molecule has 0 fully saturated rings. The number of nitrogens with zero attached hydrogens (tertiary/aromatic N) is 3. The highest BCUT2D eigenvalue weighted by molar-refractivity contribution is 5.49. The van der Waals surface area contributed by atoms with E-state index in [-0.39, 0.29) is 6.04 Å². The van der Waals surface area contributed by atoms with Crippen LogP contribution in [0.5, 0.6) is 0 Å². The minimum atomic E-state index is 0.193. The van der Waals surface area contributed by atoms with Gasteiger partial charge in [-0.15, -0.1) is 0 Å². The molecule has 0 aliphatic carbocycles. The van der Waals surface area contributed by atoms with Gasteiger partial charge in [0, 0.05) is 24.3 Å². The summed E-state index contributed by atoms with van der Waals surface area (Å²) >= 11 is 0. The summed E-state index contributed by atoms with van der Waals surface area (Å²) in [7, 11) is 0. The van der Waals surface area contributed by atoms with Crippen molar-refractivity contribution in [1.29, 1.82) is 0 Å². The molecule has 19 heavy (non-hydrogen) atoms. The molecular weight excluding hydrogens is 238 g/mol. The van der Waals surface area contributed by atoms with Gasteiger partial charge in [0.1, 0.15) is 0 Å². The average Bonchev–Trinajstić information content (AvgIpc) is 3.13. The lowest BCUT2D eigenvalue weighted by atomic mass is 10.2. The molecule has 0 spiro atoms. The van der Waals surface area contributed by atoms with Gasteiger partial charge >= 0.3 is 0 Å². The fourth-order valence-corrected chi connectivity index (χ4v) is 1.97. The Labute approximate surface area is 111 Å². The molecule has 96 valence electrons. The number of aromatic nitrogens is 4. The standard InChI is InChI=1S/C14H15N5/c1-11(14-7-9-15-18-14)17-12-3-5-13(6-4-12)19-10-2-8-16-19/h2-11,17H,1H3,(H,15,18). The molecule has 0 radical (unpaired) electrons. The molecule has 0 bridgehead atoms. The van der Waals surface area contributed by atoms with Gasteiger partial charge in [-0.1, -0.05) is 0 Å². The van der Waals surface area contributed by atoms with Gasteiger partial charge in [-0.05, 0) is 43.3 Å². The highest BCUT2D eigenvalue weighted by Gasteiger charge is 2.06. The number of nitrogens with one attached hydrogen (secondary N) is 2. The topological polar surface area (TPSA) is 58.5 Å². The Kier molecular flexibility index (Phi) is 3.02. The predicted molar refractivity (Wildman–Crippen MR) is 74.2 cm³/mol. The van der Waals surface area contributed by atoms with Gasteiger partial charge in [0.15, 0.2) is 0 Å². The van der Waals surface area contributed by atoms with E-state index in [0.29, 0.717) is 0 Å². The van der Waals surface area contributed by atoms with Crippen LogP contribution in [0, 0.1) is 0 Å². The fraction of sp³-hybridized carbons (Fsp3) is 0.143. The summed E-state index contributed by atoms with van der Waals surface area (Å²) in [6.45, 7) is 2.09. The van der Waals surface area contributed by atoms with Crippen LogP contribution in [0.4, 0.5) is 5.69 Å². The van der Waals surface area contributed by atoms with E-state index >= 15 is 0 Å². The average molecular weight is 253 g/mol. The zero-order valence-electron chi connectivity index (χ0n) is 10.6. The minimum Gasteiger partial charge on any atom is -0.377 e. The van der Waals surface area contributed by atoms with E-state index < -0.39 is 0 Å². The Hall–Kier alpha value is -2.56. The summed E-state index contributed by atoms with van der Waals surface area (Å²) < 4.78 is 1.84. The maximum atomic E-state index is 4.20. The monoisotopic (exact) mass is 253 g/mol. The van der Waals surface area contributed by atoms with E-state index in [0.717, 1.165) is 17.1 Å². The van der Waals surface area contributed by atoms with Crippen LogP contribution in [-0.4, -0.2) is 20.0 Å². The SMILES string of the molecule is CC(Nc1ccc(-n2cccn2)cc1)c1ccn[nH]1. The van der Waals surface area contributed by atoms with Gasteiger partial charge in [-0.2, -0.15) is 10.2 Å². The number of aromatic amines is 1.